The molecule has 0 spiro atoms. The monoisotopic (exact) mass is 511 g/mol. The number of aromatic nitrogens is 2. The van der Waals surface area contributed by atoms with Crippen molar-refractivity contribution >= 4 is 26.8 Å². The number of halogens is 3. The highest BCUT2D eigenvalue weighted by atomic mass is 32.2. The highest BCUT2D eigenvalue weighted by Crippen LogP contribution is 2.28. The number of amides is 1. The molecule has 0 unspecified atom stereocenters. The third kappa shape index (κ3) is 4.79. The van der Waals surface area contributed by atoms with Gasteiger partial charge in [-0.05, 0) is 57.5 Å². The first-order valence-electron chi connectivity index (χ1n) is 10.8. The topological polar surface area (TPSA) is 99.4 Å². The summed E-state index contributed by atoms with van der Waals surface area (Å²) in [7, 11) is -3.24. The third-order valence-corrected chi connectivity index (χ3v) is 7.86. The summed E-state index contributed by atoms with van der Waals surface area (Å²) in [6, 6.07) is 6.94. The SMILES string of the molecule is CC(C)n1c(=O)n(-c2cc(OC(F)F)ccc2F)c2ccc(C(=O)N[C@]3(C)CCS(=O)(=O)C3)cc21. The fraction of sp³-hybridized carbons (Fsp3) is 0.391. The molecular weight excluding hydrogens is 487 g/mol. The minimum absolute atomic E-state index is 0.0154. The molecule has 1 saturated heterocycles. The van der Waals surface area contributed by atoms with Crippen molar-refractivity contribution in [3.63, 3.8) is 0 Å². The van der Waals surface area contributed by atoms with E-state index in [0.717, 1.165) is 22.8 Å². The molecule has 0 aliphatic carbocycles. The number of imidazole rings is 1. The minimum atomic E-state index is -3.24. The molecule has 188 valence electrons. The molecule has 0 saturated carbocycles. The average molecular weight is 512 g/mol. The van der Waals surface area contributed by atoms with Gasteiger partial charge in [0.2, 0.25) is 0 Å². The third-order valence-electron chi connectivity index (χ3n) is 5.95. The number of hydrogen-bond acceptors (Lipinski definition) is 5. The highest BCUT2D eigenvalue weighted by molar-refractivity contribution is 7.91. The summed E-state index contributed by atoms with van der Waals surface area (Å²) in [6.07, 6.45) is 0.284. The Morgan fingerprint density at radius 2 is 1.86 bits per heavy atom. The van der Waals surface area contributed by atoms with Crippen LogP contribution >= 0.6 is 0 Å². The van der Waals surface area contributed by atoms with Crippen LogP contribution in [0.25, 0.3) is 16.7 Å². The molecule has 2 heterocycles. The van der Waals surface area contributed by atoms with Crippen LogP contribution in [0.1, 0.15) is 43.6 Å². The molecule has 1 aromatic heterocycles. The molecule has 4 rings (SSSR count). The van der Waals surface area contributed by atoms with E-state index in [1.54, 1.807) is 20.8 Å². The Balaban J connectivity index is 1.81. The molecule has 1 aliphatic rings. The van der Waals surface area contributed by atoms with E-state index >= 15 is 0 Å². The molecule has 1 atom stereocenters. The number of alkyl halides is 2. The van der Waals surface area contributed by atoms with E-state index < -0.39 is 39.4 Å². The van der Waals surface area contributed by atoms with Crippen molar-refractivity contribution in [3.8, 4) is 11.4 Å². The summed E-state index contributed by atoms with van der Waals surface area (Å²) in [5.41, 5.74) is -1.06. The largest absolute Gasteiger partial charge is 0.435 e. The summed E-state index contributed by atoms with van der Waals surface area (Å²) in [5, 5.41) is 2.77. The van der Waals surface area contributed by atoms with E-state index in [0.29, 0.717) is 5.52 Å². The van der Waals surface area contributed by atoms with Crippen molar-refractivity contribution in [2.45, 2.75) is 45.4 Å². The Labute approximate surface area is 199 Å². The van der Waals surface area contributed by atoms with Gasteiger partial charge in [0, 0.05) is 17.7 Å². The van der Waals surface area contributed by atoms with Crippen LogP contribution in [0.15, 0.2) is 41.2 Å². The van der Waals surface area contributed by atoms with Crippen LogP contribution in [-0.4, -0.2) is 47.1 Å². The zero-order valence-electron chi connectivity index (χ0n) is 19.2. The standard InChI is InChI=1S/C23H24F3N3O5S/c1-13(2)28-19-10-14(20(30)27-23(3)8-9-35(32,33)12-23)4-7-17(19)29(22(28)31)18-11-15(34-21(25)26)5-6-16(18)24/h4-7,10-11,13,21H,8-9,12H2,1-3H3,(H,27,30)/t23-/m1/s1. The molecular formula is C23H24F3N3O5S. The molecule has 1 aliphatic heterocycles. The number of carbonyl (C=O) groups excluding carboxylic acids is 1. The second kappa shape index (κ2) is 8.74. The Morgan fingerprint density at radius 1 is 1.14 bits per heavy atom. The number of nitrogens with one attached hydrogen (secondary N) is 1. The first kappa shape index (κ1) is 24.8. The van der Waals surface area contributed by atoms with E-state index in [9.17, 15) is 31.2 Å². The van der Waals surface area contributed by atoms with Gasteiger partial charge in [-0.25, -0.2) is 17.6 Å². The van der Waals surface area contributed by atoms with Crippen LogP contribution in [-0.2, 0) is 9.84 Å². The fourth-order valence-corrected chi connectivity index (χ4v) is 6.48. The zero-order valence-corrected chi connectivity index (χ0v) is 20.0. The maximum Gasteiger partial charge on any atom is 0.387 e. The Bertz CT molecular complexity index is 1480. The minimum Gasteiger partial charge on any atom is -0.435 e. The number of nitrogens with zero attached hydrogens (tertiary/aromatic N) is 2. The van der Waals surface area contributed by atoms with Gasteiger partial charge in [-0.15, -0.1) is 0 Å². The molecule has 0 bridgehead atoms. The number of ether oxygens (including phenoxy) is 1. The summed E-state index contributed by atoms with van der Waals surface area (Å²) < 4.78 is 70.6. The van der Waals surface area contributed by atoms with Crippen molar-refractivity contribution in [1.29, 1.82) is 0 Å². The molecule has 8 nitrogen and oxygen atoms in total. The van der Waals surface area contributed by atoms with Crippen LogP contribution in [0.3, 0.4) is 0 Å². The number of sulfone groups is 1. The number of hydrogen-bond donors (Lipinski definition) is 1. The predicted molar refractivity (Wildman–Crippen MR) is 124 cm³/mol. The first-order chi connectivity index (χ1) is 16.3. The van der Waals surface area contributed by atoms with Gasteiger partial charge in [0.15, 0.2) is 9.84 Å². The lowest BCUT2D eigenvalue weighted by molar-refractivity contribution is -0.0498. The molecule has 3 aromatic rings. The van der Waals surface area contributed by atoms with E-state index in [1.165, 1.54) is 22.8 Å². The molecule has 12 heteroatoms. The van der Waals surface area contributed by atoms with Gasteiger partial charge in [-0.3, -0.25) is 13.9 Å². The van der Waals surface area contributed by atoms with E-state index in [-0.39, 0.29) is 46.5 Å². The van der Waals surface area contributed by atoms with E-state index in [4.69, 9.17) is 0 Å². The van der Waals surface area contributed by atoms with Gasteiger partial charge in [0.1, 0.15) is 11.6 Å². The smallest absolute Gasteiger partial charge is 0.387 e. The van der Waals surface area contributed by atoms with Crippen molar-refractivity contribution in [2.24, 2.45) is 0 Å². The first-order valence-corrected chi connectivity index (χ1v) is 12.7. The molecule has 1 amide bonds. The summed E-state index contributed by atoms with van der Waals surface area (Å²) in [4.78, 5) is 26.3. The van der Waals surface area contributed by atoms with Gasteiger partial charge in [-0.1, -0.05) is 0 Å². The summed E-state index contributed by atoms with van der Waals surface area (Å²) in [5.74, 6) is -1.84. The number of rotatable bonds is 6. The molecule has 1 fully saturated rings. The Kier molecular flexibility index (Phi) is 6.20. The lowest BCUT2D eigenvalue weighted by Gasteiger charge is -2.24. The van der Waals surface area contributed by atoms with E-state index in [2.05, 4.69) is 10.1 Å². The molecule has 35 heavy (non-hydrogen) atoms. The summed E-state index contributed by atoms with van der Waals surface area (Å²) in [6.45, 7) is 2.00. The van der Waals surface area contributed by atoms with Crippen LogP contribution in [0, 0.1) is 5.82 Å². The summed E-state index contributed by atoms with van der Waals surface area (Å²) >= 11 is 0. The van der Waals surface area contributed by atoms with Gasteiger partial charge in [0.05, 0.1) is 33.8 Å². The van der Waals surface area contributed by atoms with Gasteiger partial charge < -0.3 is 10.1 Å². The number of carbonyl (C=O) groups is 1. The second-order valence-corrected chi connectivity index (χ2v) is 11.3. The Morgan fingerprint density at radius 3 is 2.46 bits per heavy atom. The molecule has 2 aromatic carbocycles. The van der Waals surface area contributed by atoms with Gasteiger partial charge in [-0.2, -0.15) is 8.78 Å². The predicted octanol–water partition coefficient (Wildman–Crippen LogP) is 3.42. The second-order valence-electron chi connectivity index (χ2n) is 9.13. The average Bonchev–Trinajstić information content (AvgIpc) is 3.19. The maximum absolute atomic E-state index is 14.7. The van der Waals surface area contributed by atoms with Crippen molar-refractivity contribution in [1.82, 2.24) is 14.5 Å². The highest BCUT2D eigenvalue weighted by Gasteiger charge is 2.39. The van der Waals surface area contributed by atoms with Crippen molar-refractivity contribution < 1.29 is 31.1 Å². The van der Waals surface area contributed by atoms with Crippen molar-refractivity contribution in [3.05, 3.63) is 58.3 Å². The normalized spacial score (nSPS) is 19.5. The number of benzene rings is 2. The quantitative estimate of drug-likeness (QED) is 0.547. The Hall–Kier alpha value is -3.28. The zero-order chi connectivity index (χ0) is 25.7. The van der Waals surface area contributed by atoms with Crippen LogP contribution in [0.2, 0.25) is 0 Å². The molecule has 0 radical (unpaired) electrons. The lowest BCUT2D eigenvalue weighted by atomic mass is 10.0. The van der Waals surface area contributed by atoms with Gasteiger partial charge >= 0.3 is 12.3 Å². The van der Waals surface area contributed by atoms with Crippen molar-refractivity contribution in [2.75, 3.05) is 11.5 Å². The van der Waals surface area contributed by atoms with Gasteiger partial charge in [0.25, 0.3) is 5.91 Å². The van der Waals surface area contributed by atoms with Crippen LogP contribution < -0.4 is 15.7 Å². The fourth-order valence-electron chi connectivity index (χ4n) is 4.39. The number of fused-ring (bicyclic) bond motifs is 1. The van der Waals surface area contributed by atoms with Crippen LogP contribution in [0.5, 0.6) is 5.75 Å². The lowest BCUT2D eigenvalue weighted by Crippen LogP contribution is -2.46. The van der Waals surface area contributed by atoms with E-state index in [1.807, 2.05) is 0 Å². The maximum atomic E-state index is 14.7. The molecule has 1 N–H and O–H groups in total. The van der Waals surface area contributed by atoms with Crippen LogP contribution in [0.4, 0.5) is 13.2 Å².